The Morgan fingerprint density at radius 3 is 3.00 bits per heavy atom. The first kappa shape index (κ1) is 16.7. The van der Waals surface area contributed by atoms with Gasteiger partial charge in [0.15, 0.2) is 0 Å². The molecule has 0 N–H and O–H groups in total. The highest BCUT2D eigenvalue weighted by Gasteiger charge is 2.23. The van der Waals surface area contributed by atoms with Crippen LogP contribution in [0.1, 0.15) is 43.8 Å². The lowest BCUT2D eigenvalue weighted by molar-refractivity contribution is -0.131. The van der Waals surface area contributed by atoms with Crippen molar-refractivity contribution in [2.45, 2.75) is 57.5 Å². The van der Waals surface area contributed by atoms with Gasteiger partial charge in [-0.05, 0) is 45.6 Å². The van der Waals surface area contributed by atoms with Gasteiger partial charge in [-0.2, -0.15) is 0 Å². The molecule has 0 bridgehead atoms. The van der Waals surface area contributed by atoms with E-state index >= 15 is 0 Å². The van der Waals surface area contributed by atoms with E-state index in [0.29, 0.717) is 11.8 Å². The fraction of sp³-hybridized carbons (Fsp3) is 0.588. The lowest BCUT2D eigenvalue weighted by Gasteiger charge is -2.33. The van der Waals surface area contributed by atoms with Crippen molar-refractivity contribution in [3.05, 3.63) is 16.8 Å². The summed E-state index contributed by atoms with van der Waals surface area (Å²) in [7, 11) is 0. The van der Waals surface area contributed by atoms with Gasteiger partial charge in [0.25, 0.3) is 0 Å². The maximum absolute atomic E-state index is 12.5. The van der Waals surface area contributed by atoms with E-state index in [-0.39, 0.29) is 5.91 Å². The normalized spacial score (nSPS) is 18.6. The van der Waals surface area contributed by atoms with Gasteiger partial charge in [0.05, 0.1) is 5.75 Å². The SMILES string of the molecule is CCc1cc2c(SCC(=O)N3CCCCC3C)nc(C)nc2s1. The minimum absolute atomic E-state index is 0.234. The topological polar surface area (TPSA) is 46.1 Å². The fourth-order valence-electron chi connectivity index (χ4n) is 3.01. The molecule has 1 unspecified atom stereocenters. The second-order valence-corrected chi connectivity index (χ2v) is 8.16. The molecule has 0 radical (unpaired) electrons. The number of rotatable bonds is 4. The quantitative estimate of drug-likeness (QED) is 0.617. The molecular weight excluding hydrogens is 326 g/mol. The molecule has 0 aliphatic carbocycles. The summed E-state index contributed by atoms with van der Waals surface area (Å²) in [6, 6.07) is 2.55. The molecular formula is C17H23N3OS2. The van der Waals surface area contributed by atoms with Crippen LogP contribution in [-0.4, -0.2) is 39.1 Å². The van der Waals surface area contributed by atoms with Crippen LogP contribution in [0.25, 0.3) is 10.2 Å². The third kappa shape index (κ3) is 3.69. The van der Waals surface area contributed by atoms with Crippen LogP contribution in [0, 0.1) is 6.92 Å². The highest BCUT2D eigenvalue weighted by Crippen LogP contribution is 2.32. The molecule has 2 aromatic rings. The van der Waals surface area contributed by atoms with Crippen LogP contribution in [0.5, 0.6) is 0 Å². The Hall–Kier alpha value is -1.14. The van der Waals surface area contributed by atoms with Gasteiger partial charge < -0.3 is 4.90 Å². The van der Waals surface area contributed by atoms with Crippen molar-refractivity contribution in [1.82, 2.24) is 14.9 Å². The summed E-state index contributed by atoms with van der Waals surface area (Å²) in [4.78, 5) is 26.0. The number of thioether (sulfide) groups is 1. The van der Waals surface area contributed by atoms with Crippen LogP contribution in [0.2, 0.25) is 0 Å². The van der Waals surface area contributed by atoms with Crippen molar-refractivity contribution >= 4 is 39.2 Å². The molecule has 0 saturated carbocycles. The molecule has 0 spiro atoms. The molecule has 1 amide bonds. The monoisotopic (exact) mass is 349 g/mol. The number of carbonyl (C=O) groups is 1. The minimum Gasteiger partial charge on any atom is -0.339 e. The molecule has 1 aliphatic heterocycles. The standard InChI is InChI=1S/C17H23N3OS2/c1-4-13-9-14-16(18-12(3)19-17(14)23-13)22-10-15(21)20-8-6-5-7-11(20)2/h9,11H,4-8,10H2,1-3H3. The van der Waals surface area contributed by atoms with Gasteiger partial charge in [-0.3, -0.25) is 4.79 Å². The van der Waals surface area contributed by atoms with Gasteiger partial charge in [0, 0.05) is 22.8 Å². The molecule has 2 aromatic heterocycles. The van der Waals surface area contributed by atoms with Crippen molar-refractivity contribution in [3.8, 4) is 0 Å². The van der Waals surface area contributed by atoms with E-state index in [9.17, 15) is 4.79 Å². The summed E-state index contributed by atoms with van der Waals surface area (Å²) >= 11 is 3.28. The predicted octanol–water partition coefficient (Wildman–Crippen LogP) is 4.06. The third-order valence-electron chi connectivity index (χ3n) is 4.32. The van der Waals surface area contributed by atoms with E-state index in [1.165, 1.54) is 11.3 Å². The zero-order valence-electron chi connectivity index (χ0n) is 14.0. The minimum atomic E-state index is 0.234. The molecule has 1 saturated heterocycles. The Morgan fingerprint density at radius 2 is 2.26 bits per heavy atom. The number of aryl methyl sites for hydroxylation is 2. The van der Waals surface area contributed by atoms with E-state index in [0.717, 1.165) is 46.9 Å². The van der Waals surface area contributed by atoms with Gasteiger partial charge in [-0.25, -0.2) is 9.97 Å². The molecule has 3 rings (SSSR count). The van der Waals surface area contributed by atoms with Gasteiger partial charge >= 0.3 is 0 Å². The molecule has 4 nitrogen and oxygen atoms in total. The van der Waals surface area contributed by atoms with Crippen molar-refractivity contribution in [1.29, 1.82) is 0 Å². The number of amides is 1. The summed E-state index contributed by atoms with van der Waals surface area (Å²) in [5.74, 6) is 1.48. The molecule has 1 atom stereocenters. The fourth-order valence-corrected chi connectivity index (χ4v) is 5.02. The van der Waals surface area contributed by atoms with E-state index in [1.807, 2.05) is 11.8 Å². The Labute approximate surface area is 145 Å². The van der Waals surface area contributed by atoms with Crippen LogP contribution in [-0.2, 0) is 11.2 Å². The summed E-state index contributed by atoms with van der Waals surface area (Å²) in [6.07, 6.45) is 4.49. The number of piperidine rings is 1. The zero-order valence-corrected chi connectivity index (χ0v) is 15.6. The number of nitrogens with zero attached hydrogens (tertiary/aromatic N) is 3. The van der Waals surface area contributed by atoms with Crippen molar-refractivity contribution < 1.29 is 4.79 Å². The number of aromatic nitrogens is 2. The summed E-state index contributed by atoms with van der Waals surface area (Å²) in [5, 5.41) is 2.04. The predicted molar refractivity (Wildman–Crippen MR) is 97.3 cm³/mol. The van der Waals surface area contributed by atoms with Gasteiger partial charge in [0.2, 0.25) is 5.91 Å². The summed E-state index contributed by atoms with van der Waals surface area (Å²) in [5.41, 5.74) is 0. The number of likely N-dealkylation sites (tertiary alicyclic amines) is 1. The number of hydrogen-bond donors (Lipinski definition) is 0. The first-order valence-corrected chi connectivity index (χ1v) is 10.1. The summed E-state index contributed by atoms with van der Waals surface area (Å²) in [6.45, 7) is 7.13. The third-order valence-corrected chi connectivity index (χ3v) is 6.47. The smallest absolute Gasteiger partial charge is 0.233 e. The molecule has 1 aliphatic rings. The maximum atomic E-state index is 12.5. The maximum Gasteiger partial charge on any atom is 0.233 e. The van der Waals surface area contributed by atoms with Crippen LogP contribution < -0.4 is 0 Å². The lowest BCUT2D eigenvalue weighted by atomic mass is 10.0. The summed E-state index contributed by atoms with van der Waals surface area (Å²) < 4.78 is 0. The number of fused-ring (bicyclic) bond motifs is 1. The largest absolute Gasteiger partial charge is 0.339 e. The molecule has 1 fully saturated rings. The second-order valence-electron chi connectivity index (χ2n) is 6.08. The highest BCUT2D eigenvalue weighted by atomic mass is 32.2. The van der Waals surface area contributed by atoms with Crippen LogP contribution in [0.15, 0.2) is 11.1 Å². The first-order chi connectivity index (χ1) is 11.1. The van der Waals surface area contributed by atoms with Crippen LogP contribution >= 0.6 is 23.1 Å². The van der Waals surface area contributed by atoms with E-state index in [4.69, 9.17) is 0 Å². The lowest BCUT2D eigenvalue weighted by Crippen LogP contribution is -2.42. The molecule has 124 valence electrons. The van der Waals surface area contributed by atoms with E-state index in [2.05, 4.69) is 29.9 Å². The molecule has 23 heavy (non-hydrogen) atoms. The second kappa shape index (κ2) is 7.18. The molecule has 6 heteroatoms. The van der Waals surface area contributed by atoms with Crippen LogP contribution in [0.3, 0.4) is 0 Å². The van der Waals surface area contributed by atoms with Gasteiger partial charge in [0.1, 0.15) is 15.7 Å². The average molecular weight is 350 g/mol. The van der Waals surface area contributed by atoms with Gasteiger partial charge in [-0.1, -0.05) is 18.7 Å². The molecule has 3 heterocycles. The zero-order chi connectivity index (χ0) is 16.4. The Balaban J connectivity index is 1.76. The van der Waals surface area contributed by atoms with Gasteiger partial charge in [-0.15, -0.1) is 11.3 Å². The van der Waals surface area contributed by atoms with Crippen molar-refractivity contribution in [3.63, 3.8) is 0 Å². The van der Waals surface area contributed by atoms with E-state index in [1.54, 1.807) is 23.1 Å². The number of thiophene rings is 1. The van der Waals surface area contributed by atoms with Crippen molar-refractivity contribution in [2.24, 2.45) is 0 Å². The van der Waals surface area contributed by atoms with Crippen LogP contribution in [0.4, 0.5) is 0 Å². The Kier molecular flexibility index (Phi) is 5.21. The van der Waals surface area contributed by atoms with Crippen molar-refractivity contribution in [2.75, 3.05) is 12.3 Å². The number of hydrogen-bond acceptors (Lipinski definition) is 5. The Bertz CT molecular complexity index is 713. The number of carbonyl (C=O) groups excluding carboxylic acids is 1. The highest BCUT2D eigenvalue weighted by molar-refractivity contribution is 8.00. The first-order valence-electron chi connectivity index (χ1n) is 8.27. The average Bonchev–Trinajstić information content (AvgIpc) is 2.95. The van der Waals surface area contributed by atoms with E-state index < -0.39 is 0 Å². The molecule has 0 aromatic carbocycles. The Morgan fingerprint density at radius 1 is 1.43 bits per heavy atom.